The molecule has 1 aliphatic heterocycles. The lowest BCUT2D eigenvalue weighted by Crippen LogP contribution is -2.31. The Labute approximate surface area is 187 Å². The quantitative estimate of drug-likeness (QED) is 0.449. The summed E-state index contributed by atoms with van der Waals surface area (Å²) >= 11 is 6.04. The summed E-state index contributed by atoms with van der Waals surface area (Å²) in [4.78, 5) is 36.3. The predicted octanol–water partition coefficient (Wildman–Crippen LogP) is 4.65. The van der Waals surface area contributed by atoms with Crippen LogP contribution in [0.3, 0.4) is 0 Å². The van der Waals surface area contributed by atoms with Gasteiger partial charge in [0, 0.05) is 35.5 Å². The number of pyridine rings is 2. The Balaban J connectivity index is 1.59. The Kier molecular flexibility index (Phi) is 4.95. The van der Waals surface area contributed by atoms with Crippen molar-refractivity contribution in [3.8, 4) is 0 Å². The number of furan rings is 1. The number of hydrogen-bond acceptors (Lipinski definition) is 6. The maximum atomic E-state index is 13.5. The minimum atomic E-state index is -0.881. The molecule has 3 aromatic heterocycles. The Morgan fingerprint density at radius 2 is 2.00 bits per heavy atom. The average molecular weight is 446 g/mol. The number of carbonyl (C=O) groups is 2. The van der Waals surface area contributed by atoms with E-state index in [4.69, 9.17) is 16.0 Å². The second-order valence-electron chi connectivity index (χ2n) is 7.34. The predicted molar refractivity (Wildman–Crippen MR) is 117 cm³/mol. The number of amides is 1. The van der Waals surface area contributed by atoms with Crippen LogP contribution in [0.15, 0.2) is 88.9 Å². The first-order chi connectivity index (χ1) is 15.5. The Hall–Kier alpha value is -3.97. The molecule has 0 bridgehead atoms. The maximum Gasteiger partial charge on any atom is 0.290 e. The fourth-order valence-corrected chi connectivity index (χ4v) is 4.02. The number of halogens is 1. The first-order valence-corrected chi connectivity index (χ1v) is 10.2. The van der Waals surface area contributed by atoms with E-state index in [0.717, 1.165) is 5.56 Å². The highest BCUT2D eigenvalue weighted by Crippen LogP contribution is 2.39. The molecule has 1 amide bonds. The van der Waals surface area contributed by atoms with Crippen molar-refractivity contribution in [2.24, 2.45) is 0 Å². The second-order valence-corrected chi connectivity index (χ2v) is 7.77. The molecule has 4 aromatic rings. The monoisotopic (exact) mass is 445 g/mol. The molecule has 1 atom stereocenters. The Morgan fingerprint density at radius 3 is 2.75 bits per heavy atom. The molecule has 32 heavy (non-hydrogen) atoms. The zero-order chi connectivity index (χ0) is 22.2. The summed E-state index contributed by atoms with van der Waals surface area (Å²) < 4.78 is 5.70. The van der Waals surface area contributed by atoms with Gasteiger partial charge in [-0.25, -0.2) is 0 Å². The lowest BCUT2D eigenvalue weighted by atomic mass is 9.98. The van der Waals surface area contributed by atoms with Gasteiger partial charge in [-0.15, -0.1) is 0 Å². The summed E-state index contributed by atoms with van der Waals surface area (Å²) in [6.45, 7) is 0.143. The number of Topliss-reactive ketones (excluding diaryl/α,β-unsaturated/α-hetero) is 1. The van der Waals surface area contributed by atoms with Gasteiger partial charge < -0.3 is 14.4 Å². The van der Waals surface area contributed by atoms with Crippen molar-refractivity contribution < 1.29 is 19.1 Å². The summed E-state index contributed by atoms with van der Waals surface area (Å²) in [5, 5.41) is 11.9. The van der Waals surface area contributed by atoms with E-state index >= 15 is 0 Å². The zero-order valence-electron chi connectivity index (χ0n) is 16.6. The van der Waals surface area contributed by atoms with Crippen molar-refractivity contribution in [3.05, 3.63) is 107 Å². The van der Waals surface area contributed by atoms with Crippen LogP contribution in [0.2, 0.25) is 5.02 Å². The van der Waals surface area contributed by atoms with Crippen LogP contribution in [-0.2, 0) is 11.3 Å². The molecule has 1 aromatic carbocycles. The van der Waals surface area contributed by atoms with Gasteiger partial charge >= 0.3 is 0 Å². The Bertz CT molecular complexity index is 1370. The molecule has 1 unspecified atom stereocenters. The molecule has 5 rings (SSSR count). The number of benzene rings is 1. The SMILES string of the molecule is O=C(C1=C(O)C(=O)N(Cc2cccnc2)C1c1ccccn1)c1cc2cc(Cl)ccc2o1. The van der Waals surface area contributed by atoms with E-state index < -0.39 is 23.5 Å². The standard InChI is InChI=1S/C24H16ClN3O4/c25-16-6-7-18-15(10-16)11-19(32-18)22(29)20-21(17-5-1-2-9-27-17)28(24(31)23(20)30)13-14-4-3-8-26-12-14/h1-12,21,30H,13H2. The van der Waals surface area contributed by atoms with E-state index in [9.17, 15) is 14.7 Å². The minimum absolute atomic E-state index is 0.000718. The van der Waals surface area contributed by atoms with E-state index in [-0.39, 0.29) is 17.9 Å². The first-order valence-electron chi connectivity index (χ1n) is 9.80. The van der Waals surface area contributed by atoms with Crippen LogP contribution in [0.1, 0.15) is 27.9 Å². The molecule has 158 valence electrons. The largest absolute Gasteiger partial charge is 0.503 e. The first kappa shape index (κ1) is 20.0. The highest BCUT2D eigenvalue weighted by Gasteiger charge is 2.45. The van der Waals surface area contributed by atoms with Crippen LogP contribution >= 0.6 is 11.6 Å². The number of nitrogens with zero attached hydrogens (tertiary/aromatic N) is 3. The van der Waals surface area contributed by atoms with Crippen LogP contribution in [0, 0.1) is 0 Å². The van der Waals surface area contributed by atoms with Crippen LogP contribution < -0.4 is 0 Å². The molecule has 0 saturated carbocycles. The number of rotatable bonds is 5. The number of aliphatic hydroxyl groups excluding tert-OH is 1. The summed E-state index contributed by atoms with van der Waals surface area (Å²) in [6, 6.07) is 14.4. The maximum absolute atomic E-state index is 13.5. The number of ketones is 1. The molecule has 7 nitrogen and oxygen atoms in total. The highest BCUT2D eigenvalue weighted by molar-refractivity contribution is 6.31. The topological polar surface area (TPSA) is 96.5 Å². The van der Waals surface area contributed by atoms with Crippen molar-refractivity contribution in [2.45, 2.75) is 12.6 Å². The van der Waals surface area contributed by atoms with Gasteiger partial charge in [-0.3, -0.25) is 19.6 Å². The lowest BCUT2D eigenvalue weighted by molar-refractivity contribution is -0.130. The number of aliphatic hydroxyl groups is 1. The molecule has 0 aliphatic carbocycles. The van der Waals surface area contributed by atoms with Crippen LogP contribution in [0.4, 0.5) is 0 Å². The summed E-state index contributed by atoms with van der Waals surface area (Å²) in [5.74, 6) is -1.87. The molecule has 8 heteroatoms. The smallest absolute Gasteiger partial charge is 0.290 e. The van der Waals surface area contributed by atoms with Gasteiger partial charge in [-0.2, -0.15) is 0 Å². The number of fused-ring (bicyclic) bond motifs is 1. The summed E-state index contributed by atoms with van der Waals surface area (Å²) in [5.41, 5.74) is 1.60. The molecule has 1 N–H and O–H groups in total. The summed E-state index contributed by atoms with van der Waals surface area (Å²) in [6.07, 6.45) is 4.83. The normalized spacial score (nSPS) is 16.2. The van der Waals surface area contributed by atoms with Gasteiger partial charge in [0.1, 0.15) is 11.6 Å². The van der Waals surface area contributed by atoms with Crippen LogP contribution in [0.5, 0.6) is 0 Å². The summed E-state index contributed by atoms with van der Waals surface area (Å²) in [7, 11) is 0. The molecule has 1 aliphatic rings. The number of aromatic nitrogens is 2. The highest BCUT2D eigenvalue weighted by atomic mass is 35.5. The average Bonchev–Trinajstić information content (AvgIpc) is 3.34. The number of carbonyl (C=O) groups excluding carboxylic acids is 2. The van der Waals surface area contributed by atoms with Crippen molar-refractivity contribution in [3.63, 3.8) is 0 Å². The van der Waals surface area contributed by atoms with E-state index in [1.54, 1.807) is 67.1 Å². The van der Waals surface area contributed by atoms with E-state index in [0.29, 0.717) is 21.7 Å². The molecule has 0 fully saturated rings. The second kappa shape index (κ2) is 7.94. The van der Waals surface area contributed by atoms with Gasteiger partial charge in [-0.1, -0.05) is 23.7 Å². The van der Waals surface area contributed by atoms with E-state index in [1.165, 1.54) is 4.90 Å². The van der Waals surface area contributed by atoms with Crippen molar-refractivity contribution in [1.29, 1.82) is 0 Å². The molecule has 4 heterocycles. The third-order valence-corrected chi connectivity index (χ3v) is 5.53. The van der Waals surface area contributed by atoms with Gasteiger partial charge in [0.15, 0.2) is 11.5 Å². The fraction of sp³-hybridized carbons (Fsp3) is 0.0833. The molecular weight excluding hydrogens is 430 g/mol. The zero-order valence-corrected chi connectivity index (χ0v) is 17.4. The van der Waals surface area contributed by atoms with Gasteiger partial charge in [0.05, 0.1) is 11.3 Å². The van der Waals surface area contributed by atoms with Gasteiger partial charge in [-0.05, 0) is 48.0 Å². The lowest BCUT2D eigenvalue weighted by Gasteiger charge is -2.25. The van der Waals surface area contributed by atoms with Gasteiger partial charge in [0.25, 0.3) is 5.91 Å². The Morgan fingerprint density at radius 1 is 1.12 bits per heavy atom. The molecule has 0 saturated heterocycles. The van der Waals surface area contributed by atoms with Gasteiger partial charge in [0.2, 0.25) is 5.78 Å². The van der Waals surface area contributed by atoms with E-state index in [2.05, 4.69) is 9.97 Å². The fourth-order valence-electron chi connectivity index (χ4n) is 3.84. The number of hydrogen-bond donors (Lipinski definition) is 1. The molecule has 0 spiro atoms. The van der Waals surface area contributed by atoms with E-state index in [1.807, 2.05) is 6.07 Å². The van der Waals surface area contributed by atoms with Crippen LogP contribution in [-0.4, -0.2) is 31.7 Å². The van der Waals surface area contributed by atoms with Crippen LogP contribution in [0.25, 0.3) is 11.0 Å². The van der Waals surface area contributed by atoms with Crippen molar-refractivity contribution >= 4 is 34.3 Å². The molecular formula is C24H16ClN3O4. The minimum Gasteiger partial charge on any atom is -0.503 e. The molecule has 0 radical (unpaired) electrons. The third-order valence-electron chi connectivity index (χ3n) is 5.29. The van der Waals surface area contributed by atoms with Crippen molar-refractivity contribution in [2.75, 3.05) is 0 Å². The van der Waals surface area contributed by atoms with Crippen molar-refractivity contribution in [1.82, 2.24) is 14.9 Å². The third kappa shape index (κ3) is 3.42.